The van der Waals surface area contributed by atoms with Gasteiger partial charge in [0.05, 0.1) is 18.3 Å². The lowest BCUT2D eigenvalue weighted by molar-refractivity contribution is 0.365. The fourth-order valence-electron chi connectivity index (χ4n) is 2.03. The molecule has 3 rings (SSSR count). The summed E-state index contributed by atoms with van der Waals surface area (Å²) in [7, 11) is 0. The fourth-order valence-corrected chi connectivity index (χ4v) is 2.77. The second kappa shape index (κ2) is 5.79. The first-order chi connectivity index (χ1) is 10.1. The van der Waals surface area contributed by atoms with E-state index < -0.39 is 0 Å². The largest absolute Gasteiger partial charge is 0.439 e. The van der Waals surface area contributed by atoms with Crippen LogP contribution in [0.3, 0.4) is 0 Å². The van der Waals surface area contributed by atoms with Gasteiger partial charge in [-0.3, -0.25) is 5.32 Å². The minimum atomic E-state index is -0.199. The summed E-state index contributed by atoms with van der Waals surface area (Å²) in [6.07, 6.45) is 3.59. The van der Waals surface area contributed by atoms with Crippen LogP contribution in [-0.4, -0.2) is 9.97 Å². The van der Waals surface area contributed by atoms with Gasteiger partial charge in [0.2, 0.25) is 5.89 Å². The van der Waals surface area contributed by atoms with E-state index >= 15 is 0 Å². The number of hydrogen-bond donors (Lipinski definition) is 1. The molecule has 108 valence electrons. The topological polar surface area (TPSA) is 51.0 Å². The van der Waals surface area contributed by atoms with Crippen LogP contribution in [0.2, 0.25) is 0 Å². The van der Waals surface area contributed by atoms with Crippen LogP contribution in [0.4, 0.5) is 0 Å². The van der Waals surface area contributed by atoms with Crippen molar-refractivity contribution in [3.8, 4) is 11.3 Å². The summed E-state index contributed by atoms with van der Waals surface area (Å²) in [5.41, 5.74) is 0.839. The second-order valence-electron chi connectivity index (χ2n) is 5.30. The summed E-state index contributed by atoms with van der Waals surface area (Å²) >= 11 is 1.64. The van der Waals surface area contributed by atoms with Crippen LogP contribution in [-0.2, 0) is 12.1 Å². The standard InChI is InChI=1S/C16H17N3OS/c1-16(2,15-17-8-9-21-15)19-11-14-18-10-13(20-14)12-6-4-3-5-7-12/h3-10,19H,11H2,1-2H3. The fraction of sp³-hybridized carbons (Fsp3) is 0.250. The predicted octanol–water partition coefficient (Wildman–Crippen LogP) is 3.82. The zero-order chi connectivity index (χ0) is 14.7. The number of benzene rings is 1. The first kappa shape index (κ1) is 14.0. The molecule has 0 aliphatic heterocycles. The van der Waals surface area contributed by atoms with Crippen LogP contribution in [0.25, 0.3) is 11.3 Å². The third kappa shape index (κ3) is 3.20. The monoisotopic (exact) mass is 299 g/mol. The molecular weight excluding hydrogens is 282 g/mol. The van der Waals surface area contributed by atoms with Crippen molar-refractivity contribution < 1.29 is 4.42 Å². The average Bonchev–Trinajstić information content (AvgIpc) is 3.18. The van der Waals surface area contributed by atoms with Gasteiger partial charge in [-0.15, -0.1) is 11.3 Å². The predicted molar refractivity (Wildman–Crippen MR) is 83.9 cm³/mol. The van der Waals surface area contributed by atoms with E-state index in [4.69, 9.17) is 4.42 Å². The van der Waals surface area contributed by atoms with E-state index in [0.717, 1.165) is 16.3 Å². The Morgan fingerprint density at radius 3 is 2.71 bits per heavy atom. The summed E-state index contributed by atoms with van der Waals surface area (Å²) in [6.45, 7) is 4.78. The van der Waals surface area contributed by atoms with E-state index in [-0.39, 0.29) is 5.54 Å². The minimum Gasteiger partial charge on any atom is -0.439 e. The summed E-state index contributed by atoms with van der Waals surface area (Å²) in [4.78, 5) is 8.69. The Labute approximate surface area is 127 Å². The van der Waals surface area contributed by atoms with E-state index in [1.165, 1.54) is 0 Å². The molecule has 0 radical (unpaired) electrons. The van der Waals surface area contributed by atoms with Crippen molar-refractivity contribution in [3.63, 3.8) is 0 Å². The van der Waals surface area contributed by atoms with Crippen molar-refractivity contribution in [3.05, 3.63) is 59.0 Å². The zero-order valence-electron chi connectivity index (χ0n) is 12.0. The highest BCUT2D eigenvalue weighted by Crippen LogP contribution is 2.23. The van der Waals surface area contributed by atoms with Gasteiger partial charge in [0.25, 0.3) is 0 Å². The molecule has 21 heavy (non-hydrogen) atoms. The van der Waals surface area contributed by atoms with Crippen LogP contribution in [0.1, 0.15) is 24.7 Å². The number of oxazole rings is 1. The molecule has 2 heterocycles. The molecule has 3 aromatic rings. The van der Waals surface area contributed by atoms with Gasteiger partial charge in [-0.1, -0.05) is 30.3 Å². The SMILES string of the molecule is CC(C)(NCc1ncc(-c2ccccc2)o1)c1nccs1. The summed E-state index contributed by atoms with van der Waals surface area (Å²) in [5, 5.41) is 6.47. The van der Waals surface area contributed by atoms with E-state index in [2.05, 4.69) is 29.1 Å². The van der Waals surface area contributed by atoms with Crippen molar-refractivity contribution in [1.29, 1.82) is 0 Å². The molecule has 4 nitrogen and oxygen atoms in total. The first-order valence-corrected chi connectivity index (χ1v) is 7.68. The van der Waals surface area contributed by atoms with Crippen LogP contribution < -0.4 is 5.32 Å². The van der Waals surface area contributed by atoms with Crippen molar-refractivity contribution in [2.24, 2.45) is 0 Å². The van der Waals surface area contributed by atoms with Gasteiger partial charge in [-0.25, -0.2) is 9.97 Å². The Bertz CT molecular complexity index is 689. The van der Waals surface area contributed by atoms with E-state index in [9.17, 15) is 0 Å². The zero-order valence-corrected chi connectivity index (χ0v) is 12.9. The highest BCUT2D eigenvalue weighted by molar-refractivity contribution is 7.09. The smallest absolute Gasteiger partial charge is 0.208 e. The third-order valence-corrected chi connectivity index (χ3v) is 4.36. The number of hydrogen-bond acceptors (Lipinski definition) is 5. The molecule has 1 aromatic carbocycles. The molecule has 0 saturated carbocycles. The molecular formula is C16H17N3OS. The lowest BCUT2D eigenvalue weighted by Gasteiger charge is -2.22. The van der Waals surface area contributed by atoms with Crippen molar-refractivity contribution >= 4 is 11.3 Å². The molecule has 5 heteroatoms. The van der Waals surface area contributed by atoms with Gasteiger partial charge >= 0.3 is 0 Å². The molecule has 0 aliphatic rings. The van der Waals surface area contributed by atoms with E-state index in [1.54, 1.807) is 17.5 Å². The normalized spacial score (nSPS) is 11.7. The number of aromatic nitrogens is 2. The minimum absolute atomic E-state index is 0.199. The van der Waals surface area contributed by atoms with Gasteiger partial charge in [0, 0.05) is 17.1 Å². The van der Waals surface area contributed by atoms with Gasteiger partial charge in [-0.05, 0) is 13.8 Å². The maximum Gasteiger partial charge on any atom is 0.208 e. The summed E-state index contributed by atoms with van der Waals surface area (Å²) < 4.78 is 5.79. The second-order valence-corrected chi connectivity index (χ2v) is 6.19. The lowest BCUT2D eigenvalue weighted by Crippen LogP contribution is -2.35. The molecule has 0 bridgehead atoms. The number of rotatable bonds is 5. The number of nitrogens with zero attached hydrogens (tertiary/aromatic N) is 2. The molecule has 2 aromatic heterocycles. The van der Waals surface area contributed by atoms with Crippen molar-refractivity contribution in [2.45, 2.75) is 25.9 Å². The van der Waals surface area contributed by atoms with Crippen LogP contribution in [0, 0.1) is 0 Å². The third-order valence-electron chi connectivity index (χ3n) is 3.26. The molecule has 0 atom stereocenters. The quantitative estimate of drug-likeness (QED) is 0.778. The average molecular weight is 299 g/mol. The summed E-state index contributed by atoms with van der Waals surface area (Å²) in [6, 6.07) is 9.98. The van der Waals surface area contributed by atoms with Crippen LogP contribution in [0.15, 0.2) is 52.5 Å². The molecule has 0 spiro atoms. The number of thiazole rings is 1. The lowest BCUT2D eigenvalue weighted by atomic mass is 10.1. The van der Waals surface area contributed by atoms with Gasteiger partial charge in [0.1, 0.15) is 5.01 Å². The highest BCUT2D eigenvalue weighted by Gasteiger charge is 2.23. The molecule has 0 amide bonds. The Kier molecular flexibility index (Phi) is 3.86. The number of nitrogens with one attached hydrogen (secondary N) is 1. The summed E-state index contributed by atoms with van der Waals surface area (Å²) in [5.74, 6) is 1.47. The van der Waals surface area contributed by atoms with Crippen LogP contribution in [0.5, 0.6) is 0 Å². The molecule has 0 unspecified atom stereocenters. The maximum atomic E-state index is 5.79. The van der Waals surface area contributed by atoms with Crippen molar-refractivity contribution in [2.75, 3.05) is 0 Å². The maximum absolute atomic E-state index is 5.79. The molecule has 0 aliphatic carbocycles. The molecule has 0 saturated heterocycles. The van der Waals surface area contributed by atoms with Gasteiger partial charge in [0.15, 0.2) is 5.76 Å². The molecule has 1 N–H and O–H groups in total. The Morgan fingerprint density at radius 2 is 2.00 bits per heavy atom. The Hall–Kier alpha value is -1.98. The highest BCUT2D eigenvalue weighted by atomic mass is 32.1. The van der Waals surface area contributed by atoms with E-state index in [0.29, 0.717) is 12.4 Å². The van der Waals surface area contributed by atoms with E-state index in [1.807, 2.05) is 41.9 Å². The van der Waals surface area contributed by atoms with Gasteiger partial charge in [-0.2, -0.15) is 0 Å². The van der Waals surface area contributed by atoms with Gasteiger partial charge < -0.3 is 4.42 Å². The van der Waals surface area contributed by atoms with Crippen LogP contribution >= 0.6 is 11.3 Å². The molecule has 0 fully saturated rings. The Balaban J connectivity index is 1.68. The van der Waals surface area contributed by atoms with Crippen molar-refractivity contribution in [1.82, 2.24) is 15.3 Å². The Morgan fingerprint density at radius 1 is 1.19 bits per heavy atom. The first-order valence-electron chi connectivity index (χ1n) is 6.80.